The van der Waals surface area contributed by atoms with Crippen molar-refractivity contribution in [1.29, 1.82) is 0 Å². The normalized spacial score (nSPS) is 10.4. The molecule has 0 atom stereocenters. The van der Waals surface area contributed by atoms with Gasteiger partial charge in [-0.25, -0.2) is 19.2 Å². The van der Waals surface area contributed by atoms with E-state index in [4.69, 9.17) is 18.9 Å². The van der Waals surface area contributed by atoms with E-state index in [2.05, 4.69) is 23.8 Å². The maximum atomic E-state index is 12.7. The predicted molar refractivity (Wildman–Crippen MR) is 109 cm³/mol. The molecule has 1 amide bonds. The Morgan fingerprint density at radius 2 is 1.09 bits per heavy atom. The number of carbonyl (C=O) groups excluding carboxylic acids is 6. The molecule has 0 aromatic heterocycles. The Labute approximate surface area is 185 Å². The molecule has 0 aromatic rings. The third kappa shape index (κ3) is 7.95. The van der Waals surface area contributed by atoms with Crippen LogP contribution in [-0.2, 0) is 47.7 Å². The quantitative estimate of drug-likeness (QED) is 0.0838. The zero-order valence-electron chi connectivity index (χ0n) is 18.5. The van der Waals surface area contributed by atoms with E-state index in [1.165, 1.54) is 20.9 Å². The van der Waals surface area contributed by atoms with Gasteiger partial charge >= 0.3 is 23.9 Å². The van der Waals surface area contributed by atoms with Crippen LogP contribution in [0.1, 0.15) is 20.8 Å². The molecule has 0 heterocycles. The molecule has 0 spiro atoms. The lowest BCUT2D eigenvalue weighted by Gasteiger charge is -2.25. The summed E-state index contributed by atoms with van der Waals surface area (Å²) in [5.41, 5.74) is -2.76. The lowest BCUT2D eigenvalue weighted by molar-refractivity contribution is -0.180. The SMILES string of the molecule is C=C(C)C(=O)OCCOC(=O)C(C(C)=O)(C(=O)NCNC)C(=O)OCCOC(=O)C(=C)C. The van der Waals surface area contributed by atoms with Gasteiger partial charge in [-0.1, -0.05) is 13.2 Å². The summed E-state index contributed by atoms with van der Waals surface area (Å²) in [6.07, 6.45) is 0. The van der Waals surface area contributed by atoms with Crippen LogP contribution in [0.3, 0.4) is 0 Å². The number of Topliss-reactive ketones (excluding diaryl/α,β-unsaturated/α-hetero) is 1. The van der Waals surface area contributed by atoms with Crippen LogP contribution in [0.25, 0.3) is 0 Å². The zero-order chi connectivity index (χ0) is 24.9. The van der Waals surface area contributed by atoms with Crippen molar-refractivity contribution in [2.75, 3.05) is 40.1 Å². The van der Waals surface area contributed by atoms with Crippen molar-refractivity contribution in [3.05, 3.63) is 24.3 Å². The molecule has 0 saturated heterocycles. The van der Waals surface area contributed by atoms with E-state index < -0.39 is 67.4 Å². The lowest BCUT2D eigenvalue weighted by Crippen LogP contribution is -2.58. The topological polar surface area (TPSA) is 163 Å². The fourth-order valence-corrected chi connectivity index (χ4v) is 2.02. The standard InChI is InChI=1S/C20H28N2O10/c1-12(2)15(24)29-7-9-31-18(27)20(14(5)23,17(26)22-11-21-6)19(28)32-10-8-30-16(25)13(3)4/h21H,1,3,7-11H2,2,4-6H3,(H,22,26). The van der Waals surface area contributed by atoms with E-state index in [9.17, 15) is 28.8 Å². The molecule has 0 radical (unpaired) electrons. The third-order valence-corrected chi connectivity index (χ3v) is 3.70. The Kier molecular flexibility index (Phi) is 12.2. The van der Waals surface area contributed by atoms with Crippen molar-refractivity contribution < 1.29 is 47.7 Å². The number of esters is 4. The summed E-state index contributed by atoms with van der Waals surface area (Å²) in [4.78, 5) is 73.1. The van der Waals surface area contributed by atoms with Crippen LogP contribution in [0, 0.1) is 5.41 Å². The van der Waals surface area contributed by atoms with E-state index in [1.807, 2.05) is 0 Å². The van der Waals surface area contributed by atoms with Gasteiger partial charge in [-0.15, -0.1) is 0 Å². The predicted octanol–water partition coefficient (Wildman–Crippen LogP) is -0.820. The highest BCUT2D eigenvalue weighted by Gasteiger charge is 2.60. The molecule has 178 valence electrons. The van der Waals surface area contributed by atoms with Crippen LogP contribution >= 0.6 is 0 Å². The van der Waals surface area contributed by atoms with Gasteiger partial charge in [0.05, 0.1) is 6.67 Å². The summed E-state index contributed by atoms with van der Waals surface area (Å²) in [7, 11) is 1.47. The number of hydrogen-bond acceptors (Lipinski definition) is 11. The monoisotopic (exact) mass is 456 g/mol. The summed E-state index contributed by atoms with van der Waals surface area (Å²) >= 11 is 0. The molecule has 2 N–H and O–H groups in total. The Bertz CT molecular complexity index is 741. The van der Waals surface area contributed by atoms with Gasteiger partial charge in [-0.2, -0.15) is 0 Å². The second-order valence-electron chi connectivity index (χ2n) is 6.45. The molecule has 12 nitrogen and oxygen atoms in total. The highest BCUT2D eigenvalue weighted by atomic mass is 16.6. The average Bonchev–Trinajstić information content (AvgIpc) is 2.72. The van der Waals surface area contributed by atoms with Crippen molar-refractivity contribution in [1.82, 2.24) is 10.6 Å². The molecule has 0 unspecified atom stereocenters. The van der Waals surface area contributed by atoms with Crippen LogP contribution in [0.2, 0.25) is 0 Å². The largest absolute Gasteiger partial charge is 0.460 e. The maximum Gasteiger partial charge on any atom is 0.341 e. The van der Waals surface area contributed by atoms with Crippen molar-refractivity contribution >= 4 is 35.6 Å². The van der Waals surface area contributed by atoms with Gasteiger partial charge in [0.2, 0.25) is 0 Å². The molecule has 0 rings (SSSR count). The number of ketones is 1. The van der Waals surface area contributed by atoms with Gasteiger partial charge in [0.25, 0.3) is 11.3 Å². The molecule has 0 aliphatic carbocycles. The maximum absolute atomic E-state index is 12.7. The van der Waals surface area contributed by atoms with Gasteiger partial charge in [-0.05, 0) is 27.8 Å². The van der Waals surface area contributed by atoms with E-state index in [-0.39, 0.29) is 17.8 Å². The third-order valence-electron chi connectivity index (χ3n) is 3.70. The fourth-order valence-electron chi connectivity index (χ4n) is 2.02. The van der Waals surface area contributed by atoms with Gasteiger partial charge in [0.15, 0.2) is 5.78 Å². The fraction of sp³-hybridized carbons (Fsp3) is 0.500. The first-order chi connectivity index (χ1) is 14.9. The molecule has 12 heteroatoms. The van der Waals surface area contributed by atoms with Gasteiger partial charge in [-0.3, -0.25) is 9.59 Å². The Hall–Kier alpha value is -3.54. The summed E-state index contributed by atoms with van der Waals surface area (Å²) in [5, 5.41) is 4.76. The number of nitrogens with one attached hydrogen (secondary N) is 2. The van der Waals surface area contributed by atoms with E-state index in [1.54, 1.807) is 0 Å². The summed E-state index contributed by atoms with van der Waals surface area (Å²) < 4.78 is 19.2. The van der Waals surface area contributed by atoms with Crippen LogP contribution < -0.4 is 10.6 Å². The molecular formula is C20H28N2O10. The van der Waals surface area contributed by atoms with Gasteiger partial charge in [0.1, 0.15) is 26.4 Å². The van der Waals surface area contributed by atoms with Crippen LogP contribution in [0.15, 0.2) is 24.3 Å². The molecular weight excluding hydrogens is 428 g/mol. The number of carbonyl (C=O) groups is 6. The van der Waals surface area contributed by atoms with Crippen LogP contribution in [-0.4, -0.2) is 75.7 Å². The minimum atomic E-state index is -2.98. The number of ether oxygens (including phenoxy) is 4. The minimum Gasteiger partial charge on any atom is -0.460 e. The van der Waals surface area contributed by atoms with Crippen LogP contribution in [0.4, 0.5) is 0 Å². The number of rotatable bonds is 14. The second kappa shape index (κ2) is 13.7. The first-order valence-corrected chi connectivity index (χ1v) is 9.36. The number of hydrogen-bond donors (Lipinski definition) is 2. The van der Waals surface area contributed by atoms with Gasteiger partial charge in [0, 0.05) is 11.1 Å². The van der Waals surface area contributed by atoms with Crippen molar-refractivity contribution in [3.63, 3.8) is 0 Å². The van der Waals surface area contributed by atoms with Crippen molar-refractivity contribution in [2.24, 2.45) is 5.41 Å². The first-order valence-electron chi connectivity index (χ1n) is 9.36. The molecule has 0 fully saturated rings. The highest BCUT2D eigenvalue weighted by Crippen LogP contribution is 2.24. The first kappa shape index (κ1) is 28.5. The molecule has 0 aliphatic heterocycles. The van der Waals surface area contributed by atoms with Crippen LogP contribution in [0.5, 0.6) is 0 Å². The Morgan fingerprint density at radius 1 is 0.719 bits per heavy atom. The Balaban J connectivity index is 5.44. The molecule has 0 aromatic carbocycles. The second-order valence-corrected chi connectivity index (χ2v) is 6.45. The lowest BCUT2D eigenvalue weighted by atomic mass is 9.82. The highest BCUT2D eigenvalue weighted by molar-refractivity contribution is 6.35. The van der Waals surface area contributed by atoms with Crippen molar-refractivity contribution in [3.8, 4) is 0 Å². The smallest absolute Gasteiger partial charge is 0.341 e. The summed E-state index contributed by atoms with van der Waals surface area (Å²) in [5.74, 6) is -6.97. The average molecular weight is 456 g/mol. The number of amides is 1. The Morgan fingerprint density at radius 3 is 1.41 bits per heavy atom. The molecule has 0 aliphatic rings. The van der Waals surface area contributed by atoms with E-state index >= 15 is 0 Å². The molecule has 0 bridgehead atoms. The van der Waals surface area contributed by atoms with Gasteiger partial charge < -0.3 is 29.6 Å². The summed E-state index contributed by atoms with van der Waals surface area (Å²) in [6.45, 7) is 8.32. The zero-order valence-corrected chi connectivity index (χ0v) is 18.5. The molecule has 0 saturated carbocycles. The minimum absolute atomic E-state index is 0.108. The summed E-state index contributed by atoms with van der Waals surface area (Å²) in [6, 6.07) is 0. The van der Waals surface area contributed by atoms with E-state index in [0.717, 1.165) is 6.92 Å². The molecule has 32 heavy (non-hydrogen) atoms. The van der Waals surface area contributed by atoms with Crippen molar-refractivity contribution in [2.45, 2.75) is 20.8 Å². The van der Waals surface area contributed by atoms with E-state index in [0.29, 0.717) is 0 Å².